The van der Waals surface area contributed by atoms with Gasteiger partial charge in [-0.05, 0) is 18.6 Å². The molecule has 1 amide bonds. The standard InChI is InChI=1S/C21H21N3O3/c1-16-7-5-6-10-19(16)27-14-20(25)22-11-12-24-15-23-18(13-21(24)26)17-8-3-2-4-9-17/h2-10,13,15H,11-12,14H2,1H3,(H,22,25). The lowest BCUT2D eigenvalue weighted by molar-refractivity contribution is -0.123. The van der Waals surface area contributed by atoms with Crippen molar-refractivity contribution in [2.75, 3.05) is 13.2 Å². The van der Waals surface area contributed by atoms with Gasteiger partial charge in [0.15, 0.2) is 6.61 Å². The number of nitrogens with zero attached hydrogens (tertiary/aromatic N) is 2. The second-order valence-corrected chi connectivity index (χ2v) is 6.08. The molecular formula is C21H21N3O3. The molecule has 3 rings (SSSR count). The van der Waals surface area contributed by atoms with Crippen LogP contribution in [-0.2, 0) is 11.3 Å². The normalized spacial score (nSPS) is 10.4. The van der Waals surface area contributed by atoms with Crippen LogP contribution in [0.5, 0.6) is 5.75 Å². The molecule has 0 saturated carbocycles. The molecule has 3 aromatic rings. The Kier molecular flexibility index (Phi) is 5.99. The summed E-state index contributed by atoms with van der Waals surface area (Å²) in [7, 11) is 0. The van der Waals surface area contributed by atoms with E-state index in [0.29, 0.717) is 24.5 Å². The number of aryl methyl sites for hydroxylation is 1. The topological polar surface area (TPSA) is 73.2 Å². The van der Waals surface area contributed by atoms with Gasteiger partial charge in [-0.15, -0.1) is 0 Å². The van der Waals surface area contributed by atoms with E-state index in [4.69, 9.17) is 4.74 Å². The summed E-state index contributed by atoms with van der Waals surface area (Å²) in [6.07, 6.45) is 1.50. The third kappa shape index (κ3) is 5.04. The maximum absolute atomic E-state index is 12.2. The highest BCUT2D eigenvalue weighted by atomic mass is 16.5. The van der Waals surface area contributed by atoms with Gasteiger partial charge in [-0.2, -0.15) is 0 Å². The Balaban J connectivity index is 1.49. The van der Waals surface area contributed by atoms with Crippen molar-refractivity contribution in [3.05, 3.63) is 82.9 Å². The van der Waals surface area contributed by atoms with E-state index in [9.17, 15) is 9.59 Å². The first-order valence-electron chi connectivity index (χ1n) is 8.70. The van der Waals surface area contributed by atoms with Crippen LogP contribution in [0.1, 0.15) is 5.56 Å². The van der Waals surface area contributed by atoms with E-state index in [-0.39, 0.29) is 18.1 Å². The first kappa shape index (κ1) is 18.4. The lowest BCUT2D eigenvalue weighted by Crippen LogP contribution is -2.33. The van der Waals surface area contributed by atoms with Crippen LogP contribution >= 0.6 is 0 Å². The van der Waals surface area contributed by atoms with Gasteiger partial charge in [0.05, 0.1) is 12.0 Å². The number of hydrogen-bond donors (Lipinski definition) is 1. The molecule has 0 radical (unpaired) electrons. The van der Waals surface area contributed by atoms with Crippen molar-refractivity contribution < 1.29 is 9.53 Å². The summed E-state index contributed by atoms with van der Waals surface area (Å²) >= 11 is 0. The first-order chi connectivity index (χ1) is 13.1. The highest BCUT2D eigenvalue weighted by Crippen LogP contribution is 2.15. The number of ether oxygens (including phenoxy) is 1. The Morgan fingerprint density at radius 1 is 1.11 bits per heavy atom. The fourth-order valence-electron chi connectivity index (χ4n) is 2.59. The third-order valence-corrected chi connectivity index (χ3v) is 4.08. The van der Waals surface area contributed by atoms with Gasteiger partial charge in [0.2, 0.25) is 0 Å². The Morgan fingerprint density at radius 2 is 1.85 bits per heavy atom. The molecule has 2 aromatic carbocycles. The van der Waals surface area contributed by atoms with Crippen molar-refractivity contribution in [2.24, 2.45) is 0 Å². The van der Waals surface area contributed by atoms with Gasteiger partial charge in [0.1, 0.15) is 5.75 Å². The fourth-order valence-corrected chi connectivity index (χ4v) is 2.59. The van der Waals surface area contributed by atoms with E-state index >= 15 is 0 Å². The van der Waals surface area contributed by atoms with E-state index in [1.807, 2.05) is 61.5 Å². The number of benzene rings is 2. The maximum atomic E-state index is 12.2. The molecule has 1 N–H and O–H groups in total. The van der Waals surface area contributed by atoms with Crippen LogP contribution in [0.4, 0.5) is 0 Å². The average Bonchev–Trinajstić information content (AvgIpc) is 2.69. The van der Waals surface area contributed by atoms with E-state index in [1.165, 1.54) is 17.0 Å². The molecule has 1 heterocycles. The Bertz CT molecular complexity index is 968. The second-order valence-electron chi connectivity index (χ2n) is 6.08. The minimum Gasteiger partial charge on any atom is -0.484 e. The number of carbonyl (C=O) groups is 1. The van der Waals surface area contributed by atoms with Crippen LogP contribution in [0.25, 0.3) is 11.3 Å². The predicted octanol–water partition coefficient (Wildman–Crippen LogP) is 2.41. The minimum absolute atomic E-state index is 0.0645. The van der Waals surface area contributed by atoms with Gasteiger partial charge < -0.3 is 10.1 Å². The highest BCUT2D eigenvalue weighted by Gasteiger charge is 2.06. The third-order valence-electron chi connectivity index (χ3n) is 4.08. The van der Waals surface area contributed by atoms with Crippen LogP contribution in [0, 0.1) is 6.92 Å². The summed E-state index contributed by atoms with van der Waals surface area (Å²) in [4.78, 5) is 28.4. The van der Waals surface area contributed by atoms with E-state index in [1.54, 1.807) is 0 Å². The summed E-state index contributed by atoms with van der Waals surface area (Å²) in [6.45, 7) is 2.52. The molecule has 0 spiro atoms. The van der Waals surface area contributed by atoms with Crippen molar-refractivity contribution >= 4 is 5.91 Å². The zero-order valence-electron chi connectivity index (χ0n) is 15.1. The number of carbonyl (C=O) groups excluding carboxylic acids is 1. The smallest absolute Gasteiger partial charge is 0.258 e. The van der Waals surface area contributed by atoms with Gasteiger partial charge in [-0.3, -0.25) is 14.2 Å². The Labute approximate surface area is 157 Å². The lowest BCUT2D eigenvalue weighted by atomic mass is 10.1. The van der Waals surface area contributed by atoms with Crippen LogP contribution in [-0.4, -0.2) is 28.6 Å². The summed E-state index contributed by atoms with van der Waals surface area (Å²) in [5, 5.41) is 2.74. The van der Waals surface area contributed by atoms with Crippen LogP contribution in [0.2, 0.25) is 0 Å². The van der Waals surface area contributed by atoms with Crippen molar-refractivity contribution in [3.63, 3.8) is 0 Å². The quantitative estimate of drug-likeness (QED) is 0.700. The van der Waals surface area contributed by atoms with E-state index in [2.05, 4.69) is 10.3 Å². The van der Waals surface area contributed by atoms with Crippen LogP contribution in [0.15, 0.2) is 71.8 Å². The summed E-state index contributed by atoms with van der Waals surface area (Å²) in [5.41, 5.74) is 2.34. The molecule has 0 saturated heterocycles. The SMILES string of the molecule is Cc1ccccc1OCC(=O)NCCn1cnc(-c2ccccc2)cc1=O. The summed E-state index contributed by atoms with van der Waals surface area (Å²) in [6, 6.07) is 18.5. The molecule has 6 heteroatoms. The van der Waals surface area contributed by atoms with Crippen molar-refractivity contribution in [1.29, 1.82) is 0 Å². The van der Waals surface area contributed by atoms with Gasteiger partial charge in [0.25, 0.3) is 11.5 Å². The number of para-hydroxylation sites is 1. The van der Waals surface area contributed by atoms with Crippen molar-refractivity contribution in [1.82, 2.24) is 14.9 Å². The average molecular weight is 363 g/mol. The van der Waals surface area contributed by atoms with E-state index < -0.39 is 0 Å². The molecule has 27 heavy (non-hydrogen) atoms. The molecule has 0 atom stereocenters. The van der Waals surface area contributed by atoms with Gasteiger partial charge in [-0.25, -0.2) is 4.98 Å². The van der Waals surface area contributed by atoms with Crippen molar-refractivity contribution in [2.45, 2.75) is 13.5 Å². The second kappa shape index (κ2) is 8.80. The Hall–Kier alpha value is -3.41. The number of rotatable bonds is 7. The lowest BCUT2D eigenvalue weighted by Gasteiger charge is -2.10. The fraction of sp³-hybridized carbons (Fsp3) is 0.190. The summed E-state index contributed by atoms with van der Waals surface area (Å²) < 4.78 is 6.96. The number of aromatic nitrogens is 2. The minimum atomic E-state index is -0.236. The zero-order chi connectivity index (χ0) is 19.1. The molecule has 0 bridgehead atoms. The summed E-state index contributed by atoms with van der Waals surface area (Å²) in [5.74, 6) is 0.449. The molecule has 0 aliphatic rings. The number of amides is 1. The first-order valence-corrected chi connectivity index (χ1v) is 8.70. The van der Waals surface area contributed by atoms with Gasteiger partial charge in [0, 0.05) is 24.7 Å². The molecule has 0 fully saturated rings. The maximum Gasteiger partial charge on any atom is 0.258 e. The molecule has 0 aliphatic heterocycles. The van der Waals surface area contributed by atoms with Crippen molar-refractivity contribution in [3.8, 4) is 17.0 Å². The highest BCUT2D eigenvalue weighted by molar-refractivity contribution is 5.77. The van der Waals surface area contributed by atoms with Gasteiger partial charge >= 0.3 is 0 Å². The number of hydrogen-bond acceptors (Lipinski definition) is 4. The van der Waals surface area contributed by atoms with Crippen LogP contribution in [0.3, 0.4) is 0 Å². The largest absolute Gasteiger partial charge is 0.484 e. The predicted molar refractivity (Wildman–Crippen MR) is 104 cm³/mol. The molecule has 0 aliphatic carbocycles. The Morgan fingerprint density at radius 3 is 2.59 bits per heavy atom. The monoisotopic (exact) mass is 363 g/mol. The van der Waals surface area contributed by atoms with Gasteiger partial charge in [-0.1, -0.05) is 48.5 Å². The van der Waals surface area contributed by atoms with Crippen LogP contribution < -0.4 is 15.6 Å². The molecule has 1 aromatic heterocycles. The molecular weight excluding hydrogens is 342 g/mol. The molecule has 0 unspecified atom stereocenters. The zero-order valence-corrected chi connectivity index (χ0v) is 15.1. The molecule has 138 valence electrons. The number of nitrogens with one attached hydrogen (secondary N) is 1. The molecule has 6 nitrogen and oxygen atoms in total. The van der Waals surface area contributed by atoms with E-state index in [0.717, 1.165) is 11.1 Å².